The zero-order valence-corrected chi connectivity index (χ0v) is 28.1. The summed E-state index contributed by atoms with van der Waals surface area (Å²) >= 11 is 0. The fraction of sp³-hybridized carbons (Fsp3) is 0.606. The number of hydrogen-bond donors (Lipinski definition) is 5. The third-order valence-electron chi connectivity index (χ3n) is 8.47. The van der Waals surface area contributed by atoms with Gasteiger partial charge in [-0.1, -0.05) is 65.3 Å². The van der Waals surface area contributed by atoms with Crippen molar-refractivity contribution < 1.29 is 48.5 Å². The first-order chi connectivity index (χ1) is 22.6. The van der Waals surface area contributed by atoms with Crippen molar-refractivity contribution >= 4 is 41.5 Å². The summed E-state index contributed by atoms with van der Waals surface area (Å²) < 4.78 is 5.81. The number of aliphatic hydroxyl groups is 1. The highest BCUT2D eigenvalue weighted by Gasteiger charge is 2.45. The minimum atomic E-state index is -1.38. The predicted octanol–water partition coefficient (Wildman–Crippen LogP) is 0.363. The van der Waals surface area contributed by atoms with Crippen LogP contribution < -0.4 is 16.0 Å². The van der Waals surface area contributed by atoms with E-state index in [2.05, 4.69) is 10.6 Å². The van der Waals surface area contributed by atoms with Gasteiger partial charge in [-0.05, 0) is 35.8 Å². The minimum absolute atomic E-state index is 0.0539. The third-order valence-corrected chi connectivity index (χ3v) is 8.47. The van der Waals surface area contributed by atoms with Gasteiger partial charge in [0.05, 0.1) is 12.6 Å². The number of benzene rings is 1. The Bertz CT molecular complexity index is 1380. The first-order valence-corrected chi connectivity index (χ1v) is 16.3. The second kappa shape index (κ2) is 17.0. The molecule has 5 atom stereocenters. The maximum atomic E-state index is 14.0. The molecule has 15 heteroatoms. The SMILES string of the molecule is CCCC(NC(=O)[C@@H]1C[C@@H](OC(=O)N2CCc3ccccc3C2)CN1C(=O)[C@@H](NC(=O)[C@@H](O)C(C)C)C(C)C)C(=O)C(=O)NCC(=O)O. The number of ketones is 1. The third kappa shape index (κ3) is 9.75. The summed E-state index contributed by atoms with van der Waals surface area (Å²) in [7, 11) is 0. The molecule has 15 nitrogen and oxygen atoms in total. The van der Waals surface area contributed by atoms with Crippen molar-refractivity contribution in [2.24, 2.45) is 11.8 Å². The lowest BCUT2D eigenvalue weighted by Crippen LogP contribution is -2.58. The monoisotopic (exact) mass is 673 g/mol. The highest BCUT2D eigenvalue weighted by molar-refractivity contribution is 6.38. The number of carboxylic acid groups (broad SMARTS) is 1. The number of carbonyl (C=O) groups is 7. The fourth-order valence-electron chi connectivity index (χ4n) is 5.70. The quantitative estimate of drug-likeness (QED) is 0.171. The van der Waals surface area contributed by atoms with E-state index in [0.717, 1.165) is 11.1 Å². The molecule has 5 N–H and O–H groups in total. The molecule has 1 saturated heterocycles. The Hall–Kier alpha value is -4.53. The minimum Gasteiger partial charge on any atom is -0.480 e. The van der Waals surface area contributed by atoms with E-state index in [1.807, 2.05) is 29.6 Å². The molecule has 0 aromatic heterocycles. The van der Waals surface area contributed by atoms with Crippen LogP contribution in [-0.4, -0.2) is 111 Å². The topological polar surface area (TPSA) is 212 Å². The second-order valence-electron chi connectivity index (χ2n) is 12.9. The number of carbonyl (C=O) groups excluding carboxylic acids is 6. The molecular weight excluding hydrogens is 626 g/mol. The van der Waals surface area contributed by atoms with Gasteiger partial charge in [-0.2, -0.15) is 0 Å². The number of aliphatic carboxylic acids is 1. The normalized spacial score (nSPS) is 19.2. The highest BCUT2D eigenvalue weighted by Crippen LogP contribution is 2.26. The largest absolute Gasteiger partial charge is 0.480 e. The van der Waals surface area contributed by atoms with Gasteiger partial charge in [-0.3, -0.25) is 28.8 Å². The van der Waals surface area contributed by atoms with Crippen LogP contribution in [0.25, 0.3) is 0 Å². The van der Waals surface area contributed by atoms with Crippen LogP contribution in [0.5, 0.6) is 0 Å². The molecule has 3 rings (SSSR count). The lowest BCUT2D eigenvalue weighted by molar-refractivity contribution is -0.145. The van der Waals surface area contributed by atoms with Gasteiger partial charge >= 0.3 is 12.1 Å². The van der Waals surface area contributed by atoms with Gasteiger partial charge in [0.2, 0.25) is 23.5 Å². The molecule has 5 amide bonds. The molecule has 2 heterocycles. The summed E-state index contributed by atoms with van der Waals surface area (Å²) in [5.74, 6) is -6.68. The number of hydrogen-bond acceptors (Lipinski definition) is 9. The number of Topliss-reactive ketones (excluding diaryl/α,β-unsaturated/α-hetero) is 1. The maximum absolute atomic E-state index is 14.0. The number of nitrogens with one attached hydrogen (secondary N) is 3. The van der Waals surface area contributed by atoms with E-state index < -0.39 is 90.2 Å². The summed E-state index contributed by atoms with van der Waals surface area (Å²) in [6.07, 6.45) is -1.97. The molecular formula is C33H47N5O10. The Morgan fingerprint density at radius 2 is 1.65 bits per heavy atom. The van der Waals surface area contributed by atoms with Crippen molar-refractivity contribution in [3.05, 3.63) is 35.4 Å². The van der Waals surface area contributed by atoms with Gasteiger partial charge in [0.15, 0.2) is 0 Å². The van der Waals surface area contributed by atoms with E-state index in [-0.39, 0.29) is 19.4 Å². The number of likely N-dealkylation sites (tertiary alicyclic amines) is 1. The van der Waals surface area contributed by atoms with E-state index in [0.29, 0.717) is 25.9 Å². The molecule has 264 valence electrons. The average molecular weight is 674 g/mol. The summed E-state index contributed by atoms with van der Waals surface area (Å²) in [6, 6.07) is 4.03. The molecule has 1 aromatic rings. The molecule has 1 fully saturated rings. The Morgan fingerprint density at radius 1 is 0.979 bits per heavy atom. The zero-order chi connectivity index (χ0) is 35.7. The average Bonchev–Trinajstić information content (AvgIpc) is 3.48. The first kappa shape index (κ1) is 37.9. The van der Waals surface area contributed by atoms with Gasteiger partial charge in [-0.15, -0.1) is 0 Å². The number of rotatable bonds is 14. The van der Waals surface area contributed by atoms with Crippen LogP contribution in [-0.2, 0) is 46.5 Å². The van der Waals surface area contributed by atoms with Crippen LogP contribution in [0.3, 0.4) is 0 Å². The summed E-state index contributed by atoms with van der Waals surface area (Å²) in [5, 5.41) is 26.3. The molecule has 48 heavy (non-hydrogen) atoms. The van der Waals surface area contributed by atoms with Crippen molar-refractivity contribution in [1.29, 1.82) is 0 Å². The van der Waals surface area contributed by atoms with Crippen molar-refractivity contribution in [3.8, 4) is 0 Å². The number of aliphatic hydroxyl groups excluding tert-OH is 1. The van der Waals surface area contributed by atoms with Crippen molar-refractivity contribution in [2.75, 3.05) is 19.6 Å². The van der Waals surface area contributed by atoms with Crippen LogP contribution in [0.4, 0.5) is 4.79 Å². The summed E-state index contributed by atoms with van der Waals surface area (Å²) in [6.45, 7) is 8.16. The Labute approximate surface area is 279 Å². The molecule has 0 aliphatic carbocycles. The predicted molar refractivity (Wildman–Crippen MR) is 171 cm³/mol. The van der Waals surface area contributed by atoms with Crippen LogP contribution >= 0.6 is 0 Å². The van der Waals surface area contributed by atoms with Crippen LogP contribution in [0.1, 0.15) is 65.0 Å². The van der Waals surface area contributed by atoms with Crippen molar-refractivity contribution in [3.63, 3.8) is 0 Å². The van der Waals surface area contributed by atoms with Gasteiger partial charge in [-0.25, -0.2) is 4.79 Å². The Balaban J connectivity index is 1.84. The van der Waals surface area contributed by atoms with Gasteiger partial charge < -0.3 is 40.7 Å². The number of fused-ring (bicyclic) bond motifs is 1. The molecule has 1 aromatic carbocycles. The molecule has 2 aliphatic heterocycles. The van der Waals surface area contributed by atoms with Crippen LogP contribution in [0, 0.1) is 11.8 Å². The zero-order valence-electron chi connectivity index (χ0n) is 28.1. The summed E-state index contributed by atoms with van der Waals surface area (Å²) in [4.78, 5) is 92.6. The highest BCUT2D eigenvalue weighted by atomic mass is 16.6. The number of ether oxygens (including phenoxy) is 1. The van der Waals surface area contributed by atoms with Gasteiger partial charge in [0.25, 0.3) is 5.91 Å². The van der Waals surface area contributed by atoms with E-state index in [1.54, 1.807) is 34.6 Å². The van der Waals surface area contributed by atoms with Crippen LogP contribution in [0.15, 0.2) is 24.3 Å². The molecule has 0 saturated carbocycles. The smallest absolute Gasteiger partial charge is 0.410 e. The lowest BCUT2D eigenvalue weighted by Gasteiger charge is -2.31. The molecule has 1 unspecified atom stereocenters. The van der Waals surface area contributed by atoms with E-state index in [1.165, 1.54) is 9.80 Å². The summed E-state index contributed by atoms with van der Waals surface area (Å²) in [5.41, 5.74) is 2.12. The van der Waals surface area contributed by atoms with E-state index in [9.17, 15) is 38.7 Å². The first-order valence-electron chi connectivity index (χ1n) is 16.3. The second-order valence-corrected chi connectivity index (χ2v) is 12.9. The standard InChI is InChI=1S/C33H47N5O10/c1-6-9-23(28(42)30(44)34-15-25(39)40)35-29(43)24-14-22(48-33(47)37-13-12-20-10-7-8-11-21(20)16-37)17-38(24)32(46)26(18(2)3)36-31(45)27(41)19(4)5/h7-8,10-11,18-19,22-24,26-27,41H,6,9,12-17H2,1-5H3,(H,34,44)(H,35,43)(H,36,45)(H,39,40)/t22-,23?,24+,26+,27+/m1/s1. The molecule has 0 radical (unpaired) electrons. The van der Waals surface area contributed by atoms with E-state index in [4.69, 9.17) is 9.84 Å². The molecule has 0 bridgehead atoms. The van der Waals surface area contributed by atoms with Gasteiger partial charge in [0.1, 0.15) is 30.8 Å². The number of amides is 5. The number of carboxylic acids is 1. The Kier molecular flexibility index (Phi) is 13.5. The van der Waals surface area contributed by atoms with Crippen LogP contribution in [0.2, 0.25) is 0 Å². The van der Waals surface area contributed by atoms with Crippen molar-refractivity contribution in [1.82, 2.24) is 25.8 Å². The van der Waals surface area contributed by atoms with Gasteiger partial charge in [0, 0.05) is 19.5 Å². The number of nitrogens with zero attached hydrogens (tertiary/aromatic N) is 2. The lowest BCUT2D eigenvalue weighted by atomic mass is 10.00. The van der Waals surface area contributed by atoms with Crippen molar-refractivity contribution in [2.45, 2.75) is 97.2 Å². The van der Waals surface area contributed by atoms with E-state index >= 15 is 0 Å². The Morgan fingerprint density at radius 3 is 2.25 bits per heavy atom. The fourth-order valence-corrected chi connectivity index (χ4v) is 5.70. The maximum Gasteiger partial charge on any atom is 0.410 e. The molecule has 2 aliphatic rings. The molecule has 0 spiro atoms.